The van der Waals surface area contributed by atoms with E-state index in [1.807, 2.05) is 25.3 Å². The first-order chi connectivity index (χ1) is 7.19. The molecule has 0 spiro atoms. The molecule has 0 radical (unpaired) electrons. The quantitative estimate of drug-likeness (QED) is 0.844. The van der Waals surface area contributed by atoms with E-state index in [2.05, 4.69) is 9.97 Å². The van der Waals surface area contributed by atoms with Crippen LogP contribution in [0.15, 0.2) is 22.3 Å². The van der Waals surface area contributed by atoms with E-state index in [9.17, 15) is 4.79 Å². The van der Waals surface area contributed by atoms with Crippen LogP contribution in [0.5, 0.6) is 0 Å². The Bertz CT molecular complexity index is 527. The van der Waals surface area contributed by atoms with Crippen LogP contribution in [0.2, 0.25) is 0 Å². The van der Waals surface area contributed by atoms with Crippen molar-refractivity contribution >= 4 is 11.3 Å². The lowest BCUT2D eigenvalue weighted by atomic mass is 10.2. The van der Waals surface area contributed by atoms with Crippen molar-refractivity contribution in [3.8, 4) is 11.3 Å². The molecule has 0 saturated carbocycles. The van der Waals surface area contributed by atoms with Crippen LogP contribution < -0.4 is 5.56 Å². The van der Waals surface area contributed by atoms with E-state index in [-0.39, 0.29) is 5.56 Å². The molecule has 3 nitrogen and oxygen atoms in total. The molecule has 0 saturated heterocycles. The Morgan fingerprint density at radius 3 is 2.87 bits per heavy atom. The van der Waals surface area contributed by atoms with Gasteiger partial charge in [-0.15, -0.1) is 11.3 Å². The average molecular weight is 220 g/mol. The highest BCUT2D eigenvalue weighted by Crippen LogP contribution is 2.22. The maximum absolute atomic E-state index is 11.4. The predicted molar refractivity (Wildman–Crippen MR) is 62.3 cm³/mol. The predicted octanol–water partition coefficient (Wildman–Crippen LogP) is 2.37. The molecule has 0 unspecified atom stereocenters. The molecule has 0 bridgehead atoms. The van der Waals surface area contributed by atoms with Crippen LogP contribution >= 0.6 is 11.3 Å². The number of aryl methyl sites for hydroxylation is 2. The first-order valence-corrected chi connectivity index (χ1v) is 5.72. The minimum Gasteiger partial charge on any atom is -0.311 e. The Morgan fingerprint density at radius 1 is 1.47 bits per heavy atom. The van der Waals surface area contributed by atoms with Gasteiger partial charge < -0.3 is 4.98 Å². The molecule has 0 aliphatic rings. The van der Waals surface area contributed by atoms with Gasteiger partial charge in [0.1, 0.15) is 5.82 Å². The molecule has 2 aromatic heterocycles. The second kappa shape index (κ2) is 3.98. The van der Waals surface area contributed by atoms with Gasteiger partial charge >= 0.3 is 0 Å². The molecule has 15 heavy (non-hydrogen) atoms. The smallest absolute Gasteiger partial charge is 0.251 e. The lowest BCUT2D eigenvalue weighted by molar-refractivity contribution is 0.924. The van der Waals surface area contributed by atoms with Crippen LogP contribution in [0.4, 0.5) is 0 Å². The molecular weight excluding hydrogens is 208 g/mol. The Hall–Kier alpha value is -1.42. The van der Waals surface area contributed by atoms with Crippen LogP contribution in [0.25, 0.3) is 11.3 Å². The highest BCUT2D eigenvalue weighted by atomic mass is 32.1. The Kier molecular flexibility index (Phi) is 2.68. The lowest BCUT2D eigenvalue weighted by Crippen LogP contribution is -2.10. The summed E-state index contributed by atoms with van der Waals surface area (Å²) in [5, 5.41) is 2.02. The van der Waals surface area contributed by atoms with Gasteiger partial charge in [-0.25, -0.2) is 4.98 Å². The topological polar surface area (TPSA) is 45.8 Å². The van der Waals surface area contributed by atoms with Gasteiger partial charge in [0, 0.05) is 28.3 Å². The van der Waals surface area contributed by atoms with Gasteiger partial charge in [-0.1, -0.05) is 6.92 Å². The van der Waals surface area contributed by atoms with Gasteiger partial charge in [0.2, 0.25) is 0 Å². The molecule has 2 aromatic rings. The average Bonchev–Trinajstić information content (AvgIpc) is 2.64. The van der Waals surface area contributed by atoms with Crippen LogP contribution in [0, 0.1) is 6.92 Å². The van der Waals surface area contributed by atoms with E-state index < -0.39 is 0 Å². The van der Waals surface area contributed by atoms with E-state index in [1.54, 1.807) is 17.4 Å². The number of H-pyrrole nitrogens is 1. The standard InChI is InChI=1S/C11H12N2OS/c1-3-10-12-9(5-11(14)13-10)8-4-7(2)15-6-8/h4-6H,3H2,1-2H3,(H,12,13,14). The minimum atomic E-state index is -0.0827. The Balaban J connectivity index is 2.53. The number of hydrogen-bond acceptors (Lipinski definition) is 3. The van der Waals surface area contributed by atoms with Crippen molar-refractivity contribution in [3.63, 3.8) is 0 Å². The molecule has 78 valence electrons. The van der Waals surface area contributed by atoms with Crippen molar-refractivity contribution in [1.82, 2.24) is 9.97 Å². The highest BCUT2D eigenvalue weighted by molar-refractivity contribution is 7.10. The fourth-order valence-corrected chi connectivity index (χ4v) is 2.10. The summed E-state index contributed by atoms with van der Waals surface area (Å²) in [7, 11) is 0. The monoisotopic (exact) mass is 220 g/mol. The molecule has 0 atom stereocenters. The third-order valence-electron chi connectivity index (χ3n) is 2.15. The normalized spacial score (nSPS) is 10.5. The zero-order valence-electron chi connectivity index (χ0n) is 8.70. The number of nitrogens with zero attached hydrogens (tertiary/aromatic N) is 1. The SMILES string of the molecule is CCc1nc(-c2csc(C)c2)cc(=O)[nH]1. The molecule has 2 heterocycles. The summed E-state index contributed by atoms with van der Waals surface area (Å²) in [6.07, 6.45) is 0.742. The van der Waals surface area contributed by atoms with E-state index in [1.165, 1.54) is 4.88 Å². The first-order valence-electron chi connectivity index (χ1n) is 4.85. The number of hydrogen-bond donors (Lipinski definition) is 1. The lowest BCUT2D eigenvalue weighted by Gasteiger charge is -1.99. The van der Waals surface area contributed by atoms with Crippen molar-refractivity contribution in [2.24, 2.45) is 0 Å². The third-order valence-corrected chi connectivity index (χ3v) is 3.01. The molecule has 0 aliphatic carbocycles. The third kappa shape index (κ3) is 2.15. The molecule has 0 fully saturated rings. The molecule has 0 aliphatic heterocycles. The van der Waals surface area contributed by atoms with Gasteiger partial charge in [0.15, 0.2) is 0 Å². The van der Waals surface area contributed by atoms with Crippen molar-refractivity contribution in [1.29, 1.82) is 0 Å². The van der Waals surface area contributed by atoms with Gasteiger partial charge in [-0.05, 0) is 13.0 Å². The fraction of sp³-hybridized carbons (Fsp3) is 0.273. The van der Waals surface area contributed by atoms with Crippen molar-refractivity contribution < 1.29 is 0 Å². The zero-order chi connectivity index (χ0) is 10.8. The minimum absolute atomic E-state index is 0.0827. The summed E-state index contributed by atoms with van der Waals surface area (Å²) in [6, 6.07) is 3.59. The number of rotatable bonds is 2. The maximum Gasteiger partial charge on any atom is 0.251 e. The van der Waals surface area contributed by atoms with Crippen molar-refractivity contribution in [2.45, 2.75) is 20.3 Å². The molecule has 1 N–H and O–H groups in total. The fourth-order valence-electron chi connectivity index (χ4n) is 1.40. The summed E-state index contributed by atoms with van der Waals surface area (Å²) in [5.74, 6) is 0.737. The van der Waals surface area contributed by atoms with E-state index in [0.717, 1.165) is 23.5 Å². The van der Waals surface area contributed by atoms with E-state index >= 15 is 0 Å². The van der Waals surface area contributed by atoms with E-state index in [0.29, 0.717) is 0 Å². The highest BCUT2D eigenvalue weighted by Gasteiger charge is 2.04. The van der Waals surface area contributed by atoms with Gasteiger partial charge in [-0.3, -0.25) is 4.79 Å². The Morgan fingerprint density at radius 2 is 2.27 bits per heavy atom. The number of aromatic nitrogens is 2. The summed E-state index contributed by atoms with van der Waals surface area (Å²) in [4.78, 5) is 19.7. The summed E-state index contributed by atoms with van der Waals surface area (Å²) in [5.41, 5.74) is 1.71. The van der Waals surface area contributed by atoms with Crippen LogP contribution in [-0.4, -0.2) is 9.97 Å². The molecular formula is C11H12N2OS. The number of thiophene rings is 1. The number of nitrogens with one attached hydrogen (secondary N) is 1. The van der Waals surface area contributed by atoms with Crippen LogP contribution in [0.3, 0.4) is 0 Å². The number of aromatic amines is 1. The van der Waals surface area contributed by atoms with Gasteiger partial charge in [0.05, 0.1) is 5.69 Å². The van der Waals surface area contributed by atoms with Crippen molar-refractivity contribution in [2.75, 3.05) is 0 Å². The largest absolute Gasteiger partial charge is 0.311 e. The summed E-state index contributed by atoms with van der Waals surface area (Å²) in [6.45, 7) is 4.02. The van der Waals surface area contributed by atoms with E-state index in [4.69, 9.17) is 0 Å². The maximum atomic E-state index is 11.4. The van der Waals surface area contributed by atoms with Crippen LogP contribution in [0.1, 0.15) is 17.6 Å². The Labute approximate surface area is 91.8 Å². The van der Waals surface area contributed by atoms with Crippen LogP contribution in [-0.2, 0) is 6.42 Å². The molecule has 2 rings (SSSR count). The van der Waals surface area contributed by atoms with Gasteiger partial charge in [0.25, 0.3) is 5.56 Å². The van der Waals surface area contributed by atoms with Gasteiger partial charge in [-0.2, -0.15) is 0 Å². The molecule has 4 heteroatoms. The second-order valence-electron chi connectivity index (χ2n) is 3.38. The second-order valence-corrected chi connectivity index (χ2v) is 4.49. The molecule has 0 aromatic carbocycles. The molecule has 0 amide bonds. The zero-order valence-corrected chi connectivity index (χ0v) is 9.52. The summed E-state index contributed by atoms with van der Waals surface area (Å²) >= 11 is 1.67. The first kappa shape index (κ1) is 10.1. The van der Waals surface area contributed by atoms with Crippen molar-refractivity contribution in [3.05, 3.63) is 38.6 Å². The summed E-state index contributed by atoms with van der Waals surface area (Å²) < 4.78 is 0.